The molecule has 4 nitrogen and oxygen atoms in total. The first kappa shape index (κ1) is 23.6. The lowest BCUT2D eigenvalue weighted by Crippen LogP contribution is -2.46. The molecule has 0 saturated carbocycles. The molecule has 5 rings (SSSR count). The number of hydrogen-bond donors (Lipinski definition) is 0. The first-order valence-electron chi connectivity index (χ1n) is 11.7. The van der Waals surface area contributed by atoms with E-state index in [1.54, 1.807) is 36.2 Å². The van der Waals surface area contributed by atoms with Gasteiger partial charge >= 0.3 is 5.97 Å². The van der Waals surface area contributed by atoms with Gasteiger partial charge in [0, 0.05) is 17.6 Å². The number of amides is 1. The first-order chi connectivity index (χ1) is 17.5. The molecule has 36 heavy (non-hydrogen) atoms. The van der Waals surface area contributed by atoms with Crippen molar-refractivity contribution in [3.8, 4) is 0 Å². The summed E-state index contributed by atoms with van der Waals surface area (Å²) in [4.78, 5) is 29.2. The van der Waals surface area contributed by atoms with Gasteiger partial charge in [-0.25, -0.2) is 4.79 Å². The number of carbonyl (C=O) groups is 2. The molecule has 0 unspecified atom stereocenters. The molecule has 4 aromatic carbocycles. The molecule has 1 aliphatic rings. The zero-order valence-electron chi connectivity index (χ0n) is 19.7. The molecule has 0 saturated heterocycles. The fourth-order valence-corrected chi connectivity index (χ4v) is 4.94. The van der Waals surface area contributed by atoms with Crippen LogP contribution in [0.1, 0.15) is 33.0 Å². The van der Waals surface area contributed by atoms with E-state index < -0.39 is 17.5 Å². The Labute approximate surface area is 215 Å². The minimum Gasteiger partial charge on any atom is -0.439 e. The monoisotopic (exact) mass is 493 g/mol. The van der Waals surface area contributed by atoms with Crippen LogP contribution in [0, 0.1) is 0 Å². The van der Waals surface area contributed by atoms with E-state index in [1.807, 2.05) is 97.1 Å². The molecule has 0 spiro atoms. The van der Waals surface area contributed by atoms with E-state index >= 15 is 0 Å². The number of halogens is 1. The maximum Gasteiger partial charge on any atom is 0.339 e. The van der Waals surface area contributed by atoms with Crippen LogP contribution < -0.4 is 4.90 Å². The minimum absolute atomic E-state index is 0.278. The summed E-state index contributed by atoms with van der Waals surface area (Å²) in [6.45, 7) is 0. The van der Waals surface area contributed by atoms with Crippen molar-refractivity contribution in [1.29, 1.82) is 0 Å². The number of para-hydroxylation sites is 1. The normalized spacial score (nSPS) is 17.7. The van der Waals surface area contributed by atoms with Crippen LogP contribution in [-0.2, 0) is 15.1 Å². The average molecular weight is 494 g/mol. The molecule has 0 bridgehead atoms. The van der Waals surface area contributed by atoms with Gasteiger partial charge in [-0.1, -0.05) is 109 Å². The van der Waals surface area contributed by atoms with Crippen molar-refractivity contribution in [1.82, 2.24) is 0 Å². The fourth-order valence-electron chi connectivity index (χ4n) is 4.75. The zero-order chi connectivity index (χ0) is 25.1. The van der Waals surface area contributed by atoms with Gasteiger partial charge in [-0.3, -0.25) is 4.79 Å². The van der Waals surface area contributed by atoms with E-state index in [9.17, 15) is 9.59 Å². The third kappa shape index (κ3) is 4.21. The summed E-state index contributed by atoms with van der Waals surface area (Å²) in [5.74, 6) is -1.53. The molecule has 2 atom stereocenters. The standard InChI is InChI=1S/C31H24ClNO3/c1-33-28-18-9-8-17-27(28)31(30(33)35,36-29(34)24-15-10-16-25(32)21-24)26(23-13-6-3-7-14-23)20-19-22-11-4-2-5-12-22/h2-21,26H,1H3/b20-19+/t26-,31-/m0/s1. The highest BCUT2D eigenvalue weighted by Crippen LogP contribution is 2.51. The Balaban J connectivity index is 1.72. The van der Waals surface area contributed by atoms with Gasteiger partial charge in [0.15, 0.2) is 0 Å². The van der Waals surface area contributed by atoms with E-state index in [0.29, 0.717) is 16.3 Å². The van der Waals surface area contributed by atoms with Gasteiger partial charge in [-0.15, -0.1) is 0 Å². The van der Waals surface area contributed by atoms with Crippen LogP contribution in [0.4, 0.5) is 5.69 Å². The molecule has 1 aliphatic heterocycles. The van der Waals surface area contributed by atoms with Crippen LogP contribution in [0.25, 0.3) is 6.08 Å². The number of carbonyl (C=O) groups excluding carboxylic acids is 2. The lowest BCUT2D eigenvalue weighted by Gasteiger charge is -2.35. The fraction of sp³-hybridized carbons (Fsp3) is 0.0968. The molecule has 0 aliphatic carbocycles. The van der Waals surface area contributed by atoms with Gasteiger partial charge in [-0.05, 0) is 35.4 Å². The summed E-state index contributed by atoms with van der Waals surface area (Å²) in [6, 6.07) is 33.5. The molecule has 0 N–H and O–H groups in total. The number of hydrogen-bond acceptors (Lipinski definition) is 3. The van der Waals surface area contributed by atoms with Crippen molar-refractivity contribution < 1.29 is 14.3 Å². The van der Waals surface area contributed by atoms with Gasteiger partial charge < -0.3 is 9.64 Å². The van der Waals surface area contributed by atoms with Gasteiger partial charge in [-0.2, -0.15) is 0 Å². The van der Waals surface area contributed by atoms with E-state index in [-0.39, 0.29) is 11.5 Å². The highest BCUT2D eigenvalue weighted by Gasteiger charge is 2.58. The van der Waals surface area contributed by atoms with Crippen molar-refractivity contribution in [3.63, 3.8) is 0 Å². The Bertz CT molecular complexity index is 1430. The lowest BCUT2D eigenvalue weighted by molar-refractivity contribution is -0.138. The molecule has 0 aromatic heterocycles. The third-order valence-electron chi connectivity index (χ3n) is 6.48. The number of nitrogens with zero attached hydrogens (tertiary/aromatic N) is 1. The maximum absolute atomic E-state index is 14.1. The van der Waals surface area contributed by atoms with Crippen LogP contribution in [0.15, 0.2) is 115 Å². The molecule has 5 heteroatoms. The first-order valence-corrected chi connectivity index (χ1v) is 12.0. The maximum atomic E-state index is 14.1. The average Bonchev–Trinajstić information content (AvgIpc) is 3.12. The highest BCUT2D eigenvalue weighted by atomic mass is 35.5. The van der Waals surface area contributed by atoms with E-state index in [2.05, 4.69) is 0 Å². The molecule has 1 heterocycles. The second-order valence-electron chi connectivity index (χ2n) is 8.67. The molecular weight excluding hydrogens is 470 g/mol. The Hall–Kier alpha value is -4.15. The molecular formula is C31H24ClNO3. The molecule has 0 fully saturated rings. The SMILES string of the molecule is CN1C(=O)[C@](OC(=O)c2cccc(Cl)c2)([C@@H](/C=C/c2ccccc2)c2ccccc2)c2ccccc21. The van der Waals surface area contributed by atoms with Crippen LogP contribution in [-0.4, -0.2) is 18.9 Å². The van der Waals surface area contributed by atoms with Crippen molar-refractivity contribution in [2.24, 2.45) is 0 Å². The second kappa shape index (κ2) is 9.84. The largest absolute Gasteiger partial charge is 0.439 e. The Kier molecular flexibility index (Phi) is 6.45. The topological polar surface area (TPSA) is 46.6 Å². The van der Waals surface area contributed by atoms with Gasteiger partial charge in [0.1, 0.15) is 0 Å². The number of ether oxygens (including phenoxy) is 1. The van der Waals surface area contributed by atoms with E-state index in [4.69, 9.17) is 16.3 Å². The summed E-state index contributed by atoms with van der Waals surface area (Å²) in [5, 5.41) is 0.414. The summed E-state index contributed by atoms with van der Waals surface area (Å²) < 4.78 is 6.31. The summed E-state index contributed by atoms with van der Waals surface area (Å²) in [5.41, 5.74) is 1.83. The van der Waals surface area contributed by atoms with E-state index in [1.165, 1.54) is 0 Å². The van der Waals surface area contributed by atoms with Crippen LogP contribution in [0.3, 0.4) is 0 Å². The van der Waals surface area contributed by atoms with Crippen LogP contribution >= 0.6 is 11.6 Å². The third-order valence-corrected chi connectivity index (χ3v) is 6.71. The molecule has 4 aromatic rings. The van der Waals surface area contributed by atoms with Gasteiger partial charge in [0.2, 0.25) is 5.60 Å². The Morgan fingerprint density at radius 1 is 0.889 bits per heavy atom. The number of likely N-dealkylation sites (N-methyl/N-ethyl adjacent to an activating group) is 1. The highest BCUT2D eigenvalue weighted by molar-refractivity contribution is 6.30. The van der Waals surface area contributed by atoms with Gasteiger partial charge in [0.05, 0.1) is 17.2 Å². The van der Waals surface area contributed by atoms with Crippen LogP contribution in [0.2, 0.25) is 5.02 Å². The molecule has 0 radical (unpaired) electrons. The minimum atomic E-state index is -1.61. The predicted molar refractivity (Wildman–Crippen MR) is 143 cm³/mol. The van der Waals surface area contributed by atoms with Gasteiger partial charge in [0.25, 0.3) is 5.91 Å². The number of rotatable bonds is 6. The number of fused-ring (bicyclic) bond motifs is 1. The summed E-state index contributed by atoms with van der Waals surface area (Å²) >= 11 is 6.16. The number of esters is 1. The quantitative estimate of drug-likeness (QED) is 0.275. The Morgan fingerprint density at radius 3 is 2.28 bits per heavy atom. The molecule has 1 amide bonds. The van der Waals surface area contributed by atoms with Crippen LogP contribution in [0.5, 0.6) is 0 Å². The number of anilines is 1. The summed E-state index contributed by atoms with van der Waals surface area (Å²) in [6.07, 6.45) is 3.91. The van der Waals surface area contributed by atoms with Crippen molar-refractivity contribution in [2.45, 2.75) is 11.5 Å². The van der Waals surface area contributed by atoms with Crippen molar-refractivity contribution in [3.05, 3.63) is 143 Å². The second-order valence-corrected chi connectivity index (χ2v) is 9.11. The van der Waals surface area contributed by atoms with E-state index in [0.717, 1.165) is 11.1 Å². The molecule has 178 valence electrons. The van der Waals surface area contributed by atoms with Crippen molar-refractivity contribution >= 4 is 35.2 Å². The lowest BCUT2D eigenvalue weighted by atomic mass is 9.77. The summed E-state index contributed by atoms with van der Waals surface area (Å²) in [7, 11) is 1.71. The Morgan fingerprint density at radius 2 is 1.56 bits per heavy atom. The number of benzene rings is 4. The smallest absolute Gasteiger partial charge is 0.339 e. The van der Waals surface area contributed by atoms with Crippen molar-refractivity contribution in [2.75, 3.05) is 11.9 Å². The zero-order valence-corrected chi connectivity index (χ0v) is 20.4. The predicted octanol–water partition coefficient (Wildman–Crippen LogP) is 6.87.